The molecule has 2 heterocycles. The molecular formula is C16H21ClN2O3. The predicted octanol–water partition coefficient (Wildman–Crippen LogP) is 2.60. The van der Waals surface area contributed by atoms with Gasteiger partial charge in [-0.3, -0.25) is 0 Å². The molecule has 0 saturated carbocycles. The summed E-state index contributed by atoms with van der Waals surface area (Å²) in [7, 11) is 0. The fraction of sp³-hybridized carbons (Fsp3) is 0.562. The Hall–Kier alpha value is -1.30. The summed E-state index contributed by atoms with van der Waals surface area (Å²) in [4.78, 5) is 14.1. The van der Waals surface area contributed by atoms with E-state index < -0.39 is 0 Å². The van der Waals surface area contributed by atoms with E-state index in [-0.39, 0.29) is 18.2 Å². The molecule has 0 aromatic heterocycles. The third kappa shape index (κ3) is 3.91. The van der Waals surface area contributed by atoms with E-state index in [9.17, 15) is 4.79 Å². The maximum atomic E-state index is 12.3. The second kappa shape index (κ2) is 7.31. The van der Waals surface area contributed by atoms with Crippen molar-refractivity contribution in [3.05, 3.63) is 34.9 Å². The number of carbonyl (C=O) groups excluding carboxylic acids is 1. The number of amides is 2. The first-order valence-electron chi connectivity index (χ1n) is 7.74. The Labute approximate surface area is 135 Å². The standard InChI is InChI=1S/C16H21ClN2O3/c17-13-5-3-12(4-6-13)15-11-19(7-9-22-15)16(20)18-10-14-2-1-8-21-14/h3-6,14-15H,1-2,7-11H2,(H,18,20). The zero-order valence-electron chi connectivity index (χ0n) is 12.5. The Balaban J connectivity index is 1.53. The average Bonchev–Trinajstić information content (AvgIpc) is 3.07. The van der Waals surface area contributed by atoms with Gasteiger partial charge in [-0.2, -0.15) is 0 Å². The minimum atomic E-state index is -0.0977. The van der Waals surface area contributed by atoms with E-state index in [1.54, 1.807) is 4.90 Å². The number of morpholine rings is 1. The number of urea groups is 1. The largest absolute Gasteiger partial charge is 0.376 e. The lowest BCUT2D eigenvalue weighted by Crippen LogP contribution is -2.48. The fourth-order valence-corrected chi connectivity index (χ4v) is 2.96. The number of hydrogen-bond donors (Lipinski definition) is 1. The van der Waals surface area contributed by atoms with Gasteiger partial charge >= 0.3 is 6.03 Å². The number of ether oxygens (including phenoxy) is 2. The molecule has 2 fully saturated rings. The van der Waals surface area contributed by atoms with E-state index in [1.807, 2.05) is 24.3 Å². The fourth-order valence-electron chi connectivity index (χ4n) is 2.83. The molecule has 0 radical (unpaired) electrons. The van der Waals surface area contributed by atoms with Crippen LogP contribution in [0.2, 0.25) is 5.02 Å². The molecule has 1 N–H and O–H groups in total. The molecule has 2 aliphatic heterocycles. The Morgan fingerprint density at radius 3 is 2.82 bits per heavy atom. The first kappa shape index (κ1) is 15.6. The number of hydrogen-bond acceptors (Lipinski definition) is 3. The van der Waals surface area contributed by atoms with Gasteiger partial charge in [-0.15, -0.1) is 0 Å². The third-order valence-corrected chi connectivity index (χ3v) is 4.35. The second-order valence-corrected chi connectivity index (χ2v) is 6.11. The molecule has 1 aromatic carbocycles. The molecule has 2 saturated heterocycles. The molecule has 2 amide bonds. The number of carbonyl (C=O) groups is 1. The van der Waals surface area contributed by atoms with Crippen molar-refractivity contribution in [3.8, 4) is 0 Å². The molecule has 0 spiro atoms. The molecule has 3 rings (SSSR count). The highest BCUT2D eigenvalue weighted by Crippen LogP contribution is 2.23. The van der Waals surface area contributed by atoms with Crippen molar-refractivity contribution in [1.82, 2.24) is 10.2 Å². The lowest BCUT2D eigenvalue weighted by molar-refractivity contribution is -0.0158. The highest BCUT2D eigenvalue weighted by molar-refractivity contribution is 6.30. The molecule has 2 atom stereocenters. The van der Waals surface area contributed by atoms with Crippen molar-refractivity contribution in [2.45, 2.75) is 25.0 Å². The SMILES string of the molecule is O=C(NCC1CCCO1)N1CCOC(c2ccc(Cl)cc2)C1. The van der Waals surface area contributed by atoms with Crippen LogP contribution in [0.15, 0.2) is 24.3 Å². The molecule has 0 aliphatic carbocycles. The maximum absolute atomic E-state index is 12.3. The van der Waals surface area contributed by atoms with Crippen LogP contribution < -0.4 is 5.32 Å². The van der Waals surface area contributed by atoms with Gasteiger partial charge in [0, 0.05) is 24.7 Å². The monoisotopic (exact) mass is 324 g/mol. The van der Waals surface area contributed by atoms with E-state index >= 15 is 0 Å². The van der Waals surface area contributed by atoms with Gasteiger partial charge < -0.3 is 19.7 Å². The van der Waals surface area contributed by atoms with Crippen LogP contribution in [0, 0.1) is 0 Å². The topological polar surface area (TPSA) is 50.8 Å². The molecule has 120 valence electrons. The van der Waals surface area contributed by atoms with E-state index in [1.165, 1.54) is 0 Å². The lowest BCUT2D eigenvalue weighted by Gasteiger charge is -2.33. The van der Waals surface area contributed by atoms with Crippen molar-refractivity contribution in [1.29, 1.82) is 0 Å². The summed E-state index contributed by atoms with van der Waals surface area (Å²) in [6.07, 6.45) is 2.17. The van der Waals surface area contributed by atoms with Crippen LogP contribution in [0.25, 0.3) is 0 Å². The molecule has 2 unspecified atom stereocenters. The Morgan fingerprint density at radius 2 is 2.09 bits per heavy atom. The van der Waals surface area contributed by atoms with Crippen LogP contribution in [0.3, 0.4) is 0 Å². The van der Waals surface area contributed by atoms with Crippen LogP contribution >= 0.6 is 11.6 Å². The molecular weight excluding hydrogens is 304 g/mol. The quantitative estimate of drug-likeness (QED) is 0.930. The minimum Gasteiger partial charge on any atom is -0.376 e. The Kier molecular flexibility index (Phi) is 5.18. The van der Waals surface area contributed by atoms with Crippen LogP contribution in [0.1, 0.15) is 24.5 Å². The lowest BCUT2D eigenvalue weighted by atomic mass is 10.1. The number of nitrogens with zero attached hydrogens (tertiary/aromatic N) is 1. The molecule has 5 nitrogen and oxygen atoms in total. The van der Waals surface area contributed by atoms with Gasteiger partial charge in [-0.05, 0) is 30.5 Å². The van der Waals surface area contributed by atoms with Crippen LogP contribution in [-0.2, 0) is 9.47 Å². The van der Waals surface area contributed by atoms with Gasteiger partial charge in [0.25, 0.3) is 0 Å². The average molecular weight is 325 g/mol. The van der Waals surface area contributed by atoms with Gasteiger partial charge in [0.2, 0.25) is 0 Å². The highest BCUT2D eigenvalue weighted by atomic mass is 35.5. The number of halogens is 1. The van der Waals surface area contributed by atoms with Crippen molar-refractivity contribution < 1.29 is 14.3 Å². The summed E-state index contributed by atoms with van der Waals surface area (Å²) in [6, 6.07) is 7.53. The zero-order valence-corrected chi connectivity index (χ0v) is 13.2. The van der Waals surface area contributed by atoms with Gasteiger partial charge in [0.15, 0.2) is 0 Å². The summed E-state index contributed by atoms with van der Waals surface area (Å²) in [5, 5.41) is 3.66. The van der Waals surface area contributed by atoms with E-state index in [0.29, 0.717) is 31.3 Å². The predicted molar refractivity (Wildman–Crippen MR) is 84.1 cm³/mol. The summed E-state index contributed by atoms with van der Waals surface area (Å²) in [5.74, 6) is 0. The number of nitrogens with one attached hydrogen (secondary N) is 1. The van der Waals surface area contributed by atoms with Crippen molar-refractivity contribution >= 4 is 17.6 Å². The van der Waals surface area contributed by atoms with E-state index in [0.717, 1.165) is 25.0 Å². The molecule has 6 heteroatoms. The van der Waals surface area contributed by atoms with Crippen LogP contribution in [-0.4, -0.2) is 49.9 Å². The van der Waals surface area contributed by atoms with Crippen molar-refractivity contribution in [2.24, 2.45) is 0 Å². The first-order chi connectivity index (χ1) is 10.7. The van der Waals surface area contributed by atoms with E-state index in [2.05, 4.69) is 5.32 Å². The summed E-state index contributed by atoms with van der Waals surface area (Å²) < 4.78 is 11.3. The van der Waals surface area contributed by atoms with Gasteiger partial charge in [0.05, 0.1) is 19.3 Å². The summed E-state index contributed by atoms with van der Waals surface area (Å²) >= 11 is 5.91. The maximum Gasteiger partial charge on any atom is 0.317 e. The molecule has 0 bridgehead atoms. The molecule has 22 heavy (non-hydrogen) atoms. The zero-order chi connectivity index (χ0) is 15.4. The van der Waals surface area contributed by atoms with Crippen molar-refractivity contribution in [2.75, 3.05) is 32.8 Å². The Morgan fingerprint density at radius 1 is 1.27 bits per heavy atom. The van der Waals surface area contributed by atoms with Crippen LogP contribution in [0.5, 0.6) is 0 Å². The summed E-state index contributed by atoms with van der Waals surface area (Å²) in [5.41, 5.74) is 1.04. The number of rotatable bonds is 3. The highest BCUT2D eigenvalue weighted by Gasteiger charge is 2.26. The summed E-state index contributed by atoms with van der Waals surface area (Å²) in [6.45, 7) is 3.10. The normalized spacial score (nSPS) is 25.2. The smallest absolute Gasteiger partial charge is 0.317 e. The van der Waals surface area contributed by atoms with Gasteiger partial charge in [-0.25, -0.2) is 4.79 Å². The minimum absolute atomic E-state index is 0.0437. The molecule has 1 aromatic rings. The van der Waals surface area contributed by atoms with Crippen molar-refractivity contribution in [3.63, 3.8) is 0 Å². The Bertz CT molecular complexity index is 503. The molecule has 2 aliphatic rings. The van der Waals surface area contributed by atoms with E-state index in [4.69, 9.17) is 21.1 Å². The number of benzene rings is 1. The third-order valence-electron chi connectivity index (χ3n) is 4.10. The second-order valence-electron chi connectivity index (χ2n) is 5.68. The van der Waals surface area contributed by atoms with Gasteiger partial charge in [-0.1, -0.05) is 23.7 Å². The first-order valence-corrected chi connectivity index (χ1v) is 8.11. The van der Waals surface area contributed by atoms with Gasteiger partial charge in [0.1, 0.15) is 6.10 Å². The van der Waals surface area contributed by atoms with Crippen LogP contribution in [0.4, 0.5) is 4.79 Å².